The Kier molecular flexibility index (Phi) is 5.53. The van der Waals surface area contributed by atoms with Crippen LogP contribution in [-0.4, -0.2) is 22.5 Å². The minimum atomic E-state index is 0.141. The zero-order valence-electron chi connectivity index (χ0n) is 10.1. The van der Waals surface area contributed by atoms with Gasteiger partial charge in [0.25, 0.3) is 0 Å². The summed E-state index contributed by atoms with van der Waals surface area (Å²) >= 11 is 6.25. The van der Waals surface area contributed by atoms with Crippen molar-refractivity contribution in [3.63, 3.8) is 0 Å². The molecule has 0 saturated carbocycles. The lowest BCUT2D eigenvalue weighted by Gasteiger charge is -2.10. The molecule has 0 bridgehead atoms. The van der Waals surface area contributed by atoms with Crippen LogP contribution in [0.15, 0.2) is 12.4 Å². The van der Waals surface area contributed by atoms with Crippen molar-refractivity contribution in [3.8, 4) is 5.88 Å². The molecule has 3 nitrogen and oxygen atoms in total. The smallest absolute Gasteiger partial charge is 0.216 e. The maximum atomic E-state index is 6.25. The van der Waals surface area contributed by atoms with Crippen molar-refractivity contribution < 1.29 is 4.74 Å². The van der Waals surface area contributed by atoms with Gasteiger partial charge >= 0.3 is 0 Å². The molecule has 1 heterocycles. The van der Waals surface area contributed by atoms with Gasteiger partial charge < -0.3 is 4.74 Å². The molecule has 0 aliphatic heterocycles. The molecule has 0 saturated heterocycles. The fourth-order valence-electron chi connectivity index (χ4n) is 1.44. The van der Waals surface area contributed by atoms with Crippen LogP contribution in [0.2, 0.25) is 0 Å². The van der Waals surface area contributed by atoms with Crippen molar-refractivity contribution in [1.82, 2.24) is 9.97 Å². The van der Waals surface area contributed by atoms with Crippen LogP contribution in [0.3, 0.4) is 0 Å². The summed E-state index contributed by atoms with van der Waals surface area (Å²) in [6.45, 7) is 4.41. The lowest BCUT2D eigenvalue weighted by molar-refractivity contribution is 0.395. The van der Waals surface area contributed by atoms with Crippen molar-refractivity contribution in [3.05, 3.63) is 18.1 Å². The predicted octanol–water partition coefficient (Wildman–Crippen LogP) is 3.07. The summed E-state index contributed by atoms with van der Waals surface area (Å²) < 4.78 is 5.04. The summed E-state index contributed by atoms with van der Waals surface area (Å²) in [4.78, 5) is 8.14. The van der Waals surface area contributed by atoms with Gasteiger partial charge in [-0.05, 0) is 18.8 Å². The maximum Gasteiger partial charge on any atom is 0.216 e. The lowest BCUT2D eigenvalue weighted by atomic mass is 10.0. The molecule has 1 atom stereocenters. The maximum absolute atomic E-state index is 6.25. The van der Waals surface area contributed by atoms with Gasteiger partial charge in [0.15, 0.2) is 0 Å². The van der Waals surface area contributed by atoms with Gasteiger partial charge in [-0.3, -0.25) is 0 Å². The fourth-order valence-corrected chi connectivity index (χ4v) is 1.73. The van der Waals surface area contributed by atoms with E-state index in [4.69, 9.17) is 16.3 Å². The SMILES string of the molecule is COc1cc(CC(Cl)CCC(C)C)ncn1. The first kappa shape index (κ1) is 13.2. The Morgan fingerprint density at radius 1 is 1.31 bits per heavy atom. The Morgan fingerprint density at radius 3 is 2.69 bits per heavy atom. The Labute approximate surface area is 102 Å². The second-order valence-electron chi connectivity index (χ2n) is 4.32. The minimum Gasteiger partial charge on any atom is -0.481 e. The molecule has 0 N–H and O–H groups in total. The summed E-state index contributed by atoms with van der Waals surface area (Å²) in [5.41, 5.74) is 0.940. The number of alkyl halides is 1. The number of aromatic nitrogens is 2. The summed E-state index contributed by atoms with van der Waals surface area (Å²) in [7, 11) is 1.60. The Hall–Kier alpha value is -0.830. The quantitative estimate of drug-likeness (QED) is 0.719. The molecule has 1 aromatic rings. The van der Waals surface area contributed by atoms with Gasteiger partial charge in [-0.2, -0.15) is 0 Å². The zero-order chi connectivity index (χ0) is 12.0. The van der Waals surface area contributed by atoms with Crippen molar-refractivity contribution in [2.75, 3.05) is 7.11 Å². The molecular weight excluding hydrogens is 224 g/mol. The van der Waals surface area contributed by atoms with E-state index >= 15 is 0 Å². The number of methoxy groups -OCH3 is 1. The zero-order valence-corrected chi connectivity index (χ0v) is 10.9. The summed E-state index contributed by atoms with van der Waals surface area (Å²) in [6, 6.07) is 1.84. The number of hydrogen-bond acceptors (Lipinski definition) is 3. The summed E-state index contributed by atoms with van der Waals surface area (Å²) in [5.74, 6) is 1.29. The van der Waals surface area contributed by atoms with Crippen LogP contribution in [0, 0.1) is 5.92 Å². The minimum absolute atomic E-state index is 0.141. The summed E-state index contributed by atoms with van der Waals surface area (Å²) in [6.07, 6.45) is 4.45. The van der Waals surface area contributed by atoms with E-state index in [0.717, 1.165) is 25.0 Å². The molecule has 0 fully saturated rings. The third kappa shape index (κ3) is 4.79. The average Bonchev–Trinajstić information content (AvgIpc) is 2.26. The van der Waals surface area contributed by atoms with Gasteiger partial charge in [-0.25, -0.2) is 9.97 Å². The van der Waals surface area contributed by atoms with Crippen LogP contribution in [0.5, 0.6) is 5.88 Å². The normalized spacial score (nSPS) is 12.8. The topological polar surface area (TPSA) is 35.0 Å². The van der Waals surface area contributed by atoms with Crippen LogP contribution < -0.4 is 4.74 Å². The van der Waals surface area contributed by atoms with Gasteiger partial charge in [0.1, 0.15) is 6.33 Å². The number of rotatable bonds is 6. The third-order valence-corrected chi connectivity index (χ3v) is 2.77. The molecule has 16 heavy (non-hydrogen) atoms. The first-order chi connectivity index (χ1) is 7.61. The van der Waals surface area contributed by atoms with Gasteiger partial charge in [-0.15, -0.1) is 11.6 Å². The van der Waals surface area contributed by atoms with Crippen LogP contribution >= 0.6 is 11.6 Å². The van der Waals surface area contributed by atoms with Gasteiger partial charge in [0, 0.05) is 23.6 Å². The molecule has 1 unspecified atom stereocenters. The van der Waals surface area contributed by atoms with Crippen molar-refractivity contribution >= 4 is 11.6 Å². The number of nitrogens with zero attached hydrogens (tertiary/aromatic N) is 2. The molecule has 0 amide bonds. The second-order valence-corrected chi connectivity index (χ2v) is 4.94. The molecule has 0 aliphatic rings. The van der Waals surface area contributed by atoms with E-state index in [1.807, 2.05) is 6.07 Å². The van der Waals surface area contributed by atoms with E-state index in [9.17, 15) is 0 Å². The van der Waals surface area contributed by atoms with Gasteiger partial charge in [-0.1, -0.05) is 13.8 Å². The highest BCUT2D eigenvalue weighted by molar-refractivity contribution is 6.20. The largest absolute Gasteiger partial charge is 0.481 e. The molecule has 1 rings (SSSR count). The van der Waals surface area contributed by atoms with E-state index in [2.05, 4.69) is 23.8 Å². The van der Waals surface area contributed by atoms with Gasteiger partial charge in [0.05, 0.1) is 7.11 Å². The van der Waals surface area contributed by atoms with Crippen LogP contribution in [-0.2, 0) is 6.42 Å². The first-order valence-corrected chi connectivity index (χ1v) is 6.04. The van der Waals surface area contributed by atoms with Crippen LogP contribution in [0.4, 0.5) is 0 Å². The molecular formula is C12H19ClN2O. The van der Waals surface area contributed by atoms with Crippen LogP contribution in [0.1, 0.15) is 32.4 Å². The molecule has 0 aromatic carbocycles. The average molecular weight is 243 g/mol. The molecule has 90 valence electrons. The first-order valence-electron chi connectivity index (χ1n) is 5.60. The Morgan fingerprint density at radius 2 is 2.06 bits per heavy atom. The van der Waals surface area contributed by atoms with E-state index < -0.39 is 0 Å². The Balaban J connectivity index is 2.45. The number of hydrogen-bond donors (Lipinski definition) is 0. The molecule has 0 radical (unpaired) electrons. The molecule has 0 aliphatic carbocycles. The molecule has 4 heteroatoms. The van der Waals surface area contributed by atoms with Crippen molar-refractivity contribution in [2.45, 2.75) is 38.5 Å². The van der Waals surface area contributed by atoms with Gasteiger partial charge in [0.2, 0.25) is 5.88 Å². The monoisotopic (exact) mass is 242 g/mol. The molecule has 1 aromatic heterocycles. The van der Waals surface area contributed by atoms with E-state index in [-0.39, 0.29) is 5.38 Å². The number of halogens is 1. The van der Waals surface area contributed by atoms with Crippen molar-refractivity contribution in [2.24, 2.45) is 5.92 Å². The fraction of sp³-hybridized carbons (Fsp3) is 0.667. The summed E-state index contributed by atoms with van der Waals surface area (Å²) in [5, 5.41) is 0.141. The highest BCUT2D eigenvalue weighted by atomic mass is 35.5. The highest BCUT2D eigenvalue weighted by Gasteiger charge is 2.09. The van der Waals surface area contributed by atoms with E-state index in [1.165, 1.54) is 6.33 Å². The van der Waals surface area contributed by atoms with E-state index in [0.29, 0.717) is 11.8 Å². The molecule has 0 spiro atoms. The van der Waals surface area contributed by atoms with Crippen LogP contribution in [0.25, 0.3) is 0 Å². The second kappa shape index (κ2) is 6.69. The number of ether oxygens (including phenoxy) is 1. The third-order valence-electron chi connectivity index (χ3n) is 2.40. The Bertz CT molecular complexity index is 318. The predicted molar refractivity (Wildman–Crippen MR) is 66.0 cm³/mol. The van der Waals surface area contributed by atoms with Crippen molar-refractivity contribution in [1.29, 1.82) is 0 Å². The highest BCUT2D eigenvalue weighted by Crippen LogP contribution is 2.16. The standard InChI is InChI=1S/C12H19ClN2O/c1-9(2)4-5-10(13)6-11-7-12(16-3)15-8-14-11/h7-10H,4-6H2,1-3H3. The lowest BCUT2D eigenvalue weighted by Crippen LogP contribution is -2.07. The van der Waals surface area contributed by atoms with E-state index in [1.54, 1.807) is 7.11 Å².